The minimum atomic E-state index is -1.10. The monoisotopic (exact) mass is 266 g/mol. The highest BCUT2D eigenvalue weighted by Crippen LogP contribution is 2.17. The van der Waals surface area contributed by atoms with Crippen LogP contribution in [0.15, 0.2) is 18.2 Å². The Morgan fingerprint density at radius 1 is 1.42 bits per heavy atom. The van der Waals surface area contributed by atoms with Crippen molar-refractivity contribution >= 4 is 17.7 Å². The van der Waals surface area contributed by atoms with Crippen molar-refractivity contribution in [3.8, 4) is 0 Å². The molecule has 3 N–H and O–H groups in total. The van der Waals surface area contributed by atoms with Gasteiger partial charge < -0.3 is 20.4 Å². The van der Waals surface area contributed by atoms with Gasteiger partial charge in [-0.05, 0) is 26.0 Å². The number of carbonyl (C=O) groups is 2. The number of likely N-dealkylation sites (N-methyl/N-ethyl adjacent to an activating group) is 1. The smallest absolute Gasteiger partial charge is 0.337 e. The van der Waals surface area contributed by atoms with E-state index in [2.05, 4.69) is 5.32 Å². The Balaban J connectivity index is 2.87. The highest BCUT2D eigenvalue weighted by Gasteiger charge is 2.15. The summed E-state index contributed by atoms with van der Waals surface area (Å²) >= 11 is 0. The van der Waals surface area contributed by atoms with Crippen molar-refractivity contribution in [2.75, 3.05) is 18.9 Å². The van der Waals surface area contributed by atoms with E-state index >= 15 is 0 Å². The molecule has 19 heavy (non-hydrogen) atoms. The number of anilines is 1. The van der Waals surface area contributed by atoms with E-state index in [0.29, 0.717) is 0 Å². The maximum Gasteiger partial charge on any atom is 0.337 e. The van der Waals surface area contributed by atoms with Crippen molar-refractivity contribution in [3.05, 3.63) is 29.3 Å². The summed E-state index contributed by atoms with van der Waals surface area (Å²) in [6.45, 7) is 3.51. The summed E-state index contributed by atoms with van der Waals surface area (Å²) < 4.78 is 0. The highest BCUT2D eigenvalue weighted by atomic mass is 16.4. The number of carbonyl (C=O) groups excluding carboxylic acids is 1. The summed E-state index contributed by atoms with van der Waals surface area (Å²) in [6.07, 6.45) is -0.646. The number of aliphatic hydroxyl groups excluding tert-OH is 1. The molecule has 0 aliphatic rings. The molecule has 1 unspecified atom stereocenters. The van der Waals surface area contributed by atoms with Crippen molar-refractivity contribution in [3.63, 3.8) is 0 Å². The van der Waals surface area contributed by atoms with Crippen LogP contribution in [0.2, 0.25) is 0 Å². The zero-order valence-electron chi connectivity index (χ0n) is 11.2. The minimum absolute atomic E-state index is 0.0406. The SMILES string of the molecule is Cc1ccc(NC(=O)N(C)CC(C)O)c(C(=O)O)c1. The lowest BCUT2D eigenvalue weighted by molar-refractivity contribution is 0.0698. The summed E-state index contributed by atoms with van der Waals surface area (Å²) in [4.78, 5) is 24.2. The number of aromatic carboxylic acids is 1. The fourth-order valence-corrected chi connectivity index (χ4v) is 1.63. The first-order valence-corrected chi connectivity index (χ1v) is 5.85. The summed E-state index contributed by atoms with van der Waals surface area (Å²) in [7, 11) is 1.52. The molecule has 1 aromatic carbocycles. The molecule has 104 valence electrons. The first-order valence-electron chi connectivity index (χ1n) is 5.85. The van der Waals surface area contributed by atoms with Gasteiger partial charge in [0.05, 0.1) is 17.4 Å². The number of rotatable bonds is 4. The molecule has 0 heterocycles. The third-order valence-electron chi connectivity index (χ3n) is 2.53. The van der Waals surface area contributed by atoms with E-state index in [1.54, 1.807) is 26.0 Å². The van der Waals surface area contributed by atoms with E-state index < -0.39 is 18.1 Å². The lowest BCUT2D eigenvalue weighted by atomic mass is 10.1. The number of benzene rings is 1. The normalized spacial score (nSPS) is 11.8. The average molecular weight is 266 g/mol. The second-order valence-electron chi connectivity index (χ2n) is 4.51. The van der Waals surface area contributed by atoms with E-state index in [-0.39, 0.29) is 17.8 Å². The number of nitrogens with one attached hydrogen (secondary N) is 1. The molecular weight excluding hydrogens is 248 g/mol. The van der Waals surface area contributed by atoms with Crippen LogP contribution in [0.1, 0.15) is 22.8 Å². The number of aliphatic hydroxyl groups is 1. The maximum atomic E-state index is 11.8. The summed E-state index contributed by atoms with van der Waals surface area (Å²) in [5, 5.41) is 20.8. The number of carboxylic acid groups (broad SMARTS) is 1. The van der Waals surface area contributed by atoms with Gasteiger partial charge in [0.25, 0.3) is 0 Å². The van der Waals surface area contributed by atoms with Gasteiger partial charge in [-0.2, -0.15) is 0 Å². The molecule has 2 amide bonds. The van der Waals surface area contributed by atoms with Gasteiger partial charge in [-0.1, -0.05) is 11.6 Å². The van der Waals surface area contributed by atoms with E-state index in [9.17, 15) is 14.7 Å². The van der Waals surface area contributed by atoms with Crippen molar-refractivity contribution < 1.29 is 19.8 Å². The minimum Gasteiger partial charge on any atom is -0.478 e. The molecule has 0 bridgehead atoms. The molecule has 0 aromatic heterocycles. The maximum absolute atomic E-state index is 11.8. The molecular formula is C13H18N2O4. The molecule has 6 heteroatoms. The van der Waals surface area contributed by atoms with Gasteiger partial charge in [-0.15, -0.1) is 0 Å². The highest BCUT2D eigenvalue weighted by molar-refractivity contribution is 6.00. The molecule has 0 aliphatic carbocycles. The van der Waals surface area contributed by atoms with Crippen LogP contribution in [0.5, 0.6) is 0 Å². The van der Waals surface area contributed by atoms with Crippen LogP contribution in [0.25, 0.3) is 0 Å². The lowest BCUT2D eigenvalue weighted by Crippen LogP contribution is -2.36. The quantitative estimate of drug-likeness (QED) is 0.771. The van der Waals surface area contributed by atoms with Crippen molar-refractivity contribution in [1.29, 1.82) is 0 Å². The van der Waals surface area contributed by atoms with Gasteiger partial charge in [0.2, 0.25) is 0 Å². The van der Waals surface area contributed by atoms with Gasteiger partial charge >= 0.3 is 12.0 Å². The number of carboxylic acids is 1. The predicted octanol–water partition coefficient (Wildman–Crippen LogP) is 1.54. The largest absolute Gasteiger partial charge is 0.478 e. The van der Waals surface area contributed by atoms with Crippen LogP contribution in [0.3, 0.4) is 0 Å². The Morgan fingerprint density at radius 2 is 2.05 bits per heavy atom. The average Bonchev–Trinajstić information content (AvgIpc) is 2.30. The molecule has 0 saturated carbocycles. The van der Waals surface area contributed by atoms with Crippen molar-refractivity contribution in [2.24, 2.45) is 0 Å². The van der Waals surface area contributed by atoms with Crippen LogP contribution < -0.4 is 5.32 Å². The molecule has 0 saturated heterocycles. The second-order valence-corrected chi connectivity index (χ2v) is 4.51. The topological polar surface area (TPSA) is 89.9 Å². The lowest BCUT2D eigenvalue weighted by Gasteiger charge is -2.20. The number of nitrogens with zero attached hydrogens (tertiary/aromatic N) is 1. The molecule has 6 nitrogen and oxygen atoms in total. The zero-order valence-corrected chi connectivity index (χ0v) is 11.2. The molecule has 1 aromatic rings. The fraction of sp³-hybridized carbons (Fsp3) is 0.385. The number of urea groups is 1. The third kappa shape index (κ3) is 4.26. The first-order chi connectivity index (χ1) is 8.81. The van der Waals surface area contributed by atoms with Crippen LogP contribution in [-0.4, -0.2) is 46.8 Å². The Labute approximate surface area is 111 Å². The fourth-order valence-electron chi connectivity index (χ4n) is 1.63. The molecule has 1 atom stereocenters. The summed E-state index contributed by atoms with van der Waals surface area (Å²) in [5.74, 6) is -1.10. The van der Waals surface area contributed by atoms with Gasteiger partial charge in [0.1, 0.15) is 0 Å². The number of hydrogen-bond donors (Lipinski definition) is 3. The van der Waals surface area contributed by atoms with Crippen LogP contribution in [0, 0.1) is 6.92 Å². The predicted molar refractivity (Wildman–Crippen MR) is 71.5 cm³/mol. The molecule has 1 rings (SSSR count). The first kappa shape index (κ1) is 15.0. The van der Waals surface area contributed by atoms with Gasteiger partial charge in [0, 0.05) is 13.6 Å². The van der Waals surface area contributed by atoms with Gasteiger partial charge in [0.15, 0.2) is 0 Å². The number of hydrogen-bond acceptors (Lipinski definition) is 3. The molecule has 0 aliphatic heterocycles. The van der Waals surface area contributed by atoms with Crippen LogP contribution in [0.4, 0.5) is 10.5 Å². The summed E-state index contributed by atoms with van der Waals surface area (Å²) in [6, 6.07) is 4.29. The van der Waals surface area contributed by atoms with E-state index in [4.69, 9.17) is 5.11 Å². The van der Waals surface area contributed by atoms with Crippen molar-refractivity contribution in [1.82, 2.24) is 4.90 Å². The Kier molecular flexibility index (Phi) is 4.88. The Bertz CT molecular complexity index is 486. The number of amides is 2. The second kappa shape index (κ2) is 6.19. The van der Waals surface area contributed by atoms with E-state index in [1.165, 1.54) is 18.0 Å². The number of aryl methyl sites for hydroxylation is 1. The van der Waals surface area contributed by atoms with Crippen LogP contribution in [-0.2, 0) is 0 Å². The summed E-state index contributed by atoms with van der Waals surface area (Å²) in [5.41, 5.74) is 1.08. The molecule has 0 radical (unpaired) electrons. The van der Waals surface area contributed by atoms with E-state index in [0.717, 1.165) is 5.56 Å². The standard InChI is InChI=1S/C13H18N2O4/c1-8-4-5-11(10(6-8)12(17)18)14-13(19)15(3)7-9(2)16/h4-6,9,16H,7H2,1-3H3,(H,14,19)(H,17,18). The third-order valence-corrected chi connectivity index (χ3v) is 2.53. The molecule has 0 spiro atoms. The van der Waals surface area contributed by atoms with Gasteiger partial charge in [-0.25, -0.2) is 9.59 Å². The zero-order chi connectivity index (χ0) is 14.6. The van der Waals surface area contributed by atoms with E-state index in [1.807, 2.05) is 0 Å². The molecule has 0 fully saturated rings. The van der Waals surface area contributed by atoms with Crippen LogP contribution >= 0.6 is 0 Å². The Hall–Kier alpha value is -2.08. The van der Waals surface area contributed by atoms with Gasteiger partial charge in [-0.3, -0.25) is 0 Å². The Morgan fingerprint density at radius 3 is 2.58 bits per heavy atom. The van der Waals surface area contributed by atoms with Crippen molar-refractivity contribution in [2.45, 2.75) is 20.0 Å².